The predicted octanol–water partition coefficient (Wildman–Crippen LogP) is 3.21. The van der Waals surface area contributed by atoms with Crippen LogP contribution in [0.2, 0.25) is 0 Å². The average Bonchev–Trinajstić information content (AvgIpc) is 2.73. The Morgan fingerprint density at radius 3 is 2.43 bits per heavy atom. The Labute approximate surface area is 165 Å². The lowest BCUT2D eigenvalue weighted by Crippen LogP contribution is -2.58. The minimum atomic E-state index is -0.318. The molecule has 1 N–H and O–H groups in total. The Bertz CT molecular complexity index is 860. The Morgan fingerprint density at radius 1 is 1.04 bits per heavy atom. The molecule has 2 aromatic rings. The van der Waals surface area contributed by atoms with Gasteiger partial charge in [0, 0.05) is 32.2 Å². The van der Waals surface area contributed by atoms with Gasteiger partial charge in [-0.3, -0.25) is 4.79 Å². The number of urea groups is 1. The molecule has 0 aromatic heterocycles. The number of benzene rings is 2. The third-order valence-electron chi connectivity index (χ3n) is 5.67. The molecule has 6 heteroatoms. The van der Waals surface area contributed by atoms with Crippen LogP contribution in [-0.4, -0.2) is 60.6 Å². The predicted molar refractivity (Wildman–Crippen MR) is 108 cm³/mol. The van der Waals surface area contributed by atoms with Gasteiger partial charge in [0.15, 0.2) is 0 Å². The van der Waals surface area contributed by atoms with Crippen LogP contribution < -0.4 is 5.32 Å². The first-order valence-electron chi connectivity index (χ1n) is 9.65. The van der Waals surface area contributed by atoms with Crippen molar-refractivity contribution >= 4 is 17.6 Å². The van der Waals surface area contributed by atoms with Crippen molar-refractivity contribution in [2.75, 3.05) is 38.6 Å². The third kappa shape index (κ3) is 3.73. The number of likely N-dealkylation sites (N-methyl/N-ethyl adjacent to an activating group) is 1. The zero-order valence-corrected chi connectivity index (χ0v) is 16.1. The van der Waals surface area contributed by atoms with Crippen LogP contribution in [0.5, 0.6) is 0 Å². The van der Waals surface area contributed by atoms with Crippen LogP contribution in [0.15, 0.2) is 54.6 Å². The van der Waals surface area contributed by atoms with Gasteiger partial charge < -0.3 is 19.9 Å². The quantitative estimate of drug-likeness (QED) is 0.872. The second kappa shape index (κ2) is 7.64. The fourth-order valence-corrected chi connectivity index (χ4v) is 3.97. The van der Waals surface area contributed by atoms with Crippen molar-refractivity contribution in [1.29, 1.82) is 0 Å². The number of piperidine rings is 1. The Balaban J connectivity index is 1.42. The number of hydrogen-bond acceptors (Lipinski definition) is 3. The van der Waals surface area contributed by atoms with Gasteiger partial charge in [-0.05, 0) is 24.5 Å². The van der Waals surface area contributed by atoms with Crippen molar-refractivity contribution in [3.05, 3.63) is 54.6 Å². The molecule has 0 bridgehead atoms. The van der Waals surface area contributed by atoms with E-state index in [1.165, 1.54) is 0 Å². The Hall–Kier alpha value is -2.86. The maximum Gasteiger partial charge on any atom is 0.321 e. The van der Waals surface area contributed by atoms with Gasteiger partial charge in [-0.2, -0.15) is 0 Å². The van der Waals surface area contributed by atoms with Crippen LogP contribution in [-0.2, 0) is 9.53 Å². The fraction of sp³-hybridized carbons (Fsp3) is 0.364. The largest absolute Gasteiger partial charge is 0.363 e. The van der Waals surface area contributed by atoms with E-state index in [1.54, 1.807) is 4.90 Å². The summed E-state index contributed by atoms with van der Waals surface area (Å²) in [6.45, 7) is 1.95. The summed E-state index contributed by atoms with van der Waals surface area (Å²) in [4.78, 5) is 28.1. The molecule has 0 aliphatic carbocycles. The van der Waals surface area contributed by atoms with Crippen molar-refractivity contribution in [3.8, 4) is 11.1 Å². The normalized spacial score (nSPS) is 19.0. The molecule has 2 aliphatic rings. The van der Waals surface area contributed by atoms with Gasteiger partial charge in [-0.15, -0.1) is 0 Å². The highest BCUT2D eigenvalue weighted by Crippen LogP contribution is 2.31. The van der Waals surface area contributed by atoms with Crippen LogP contribution in [0, 0.1) is 0 Å². The summed E-state index contributed by atoms with van der Waals surface area (Å²) < 4.78 is 5.86. The smallest absolute Gasteiger partial charge is 0.321 e. The third-order valence-corrected chi connectivity index (χ3v) is 5.67. The average molecular weight is 379 g/mol. The van der Waals surface area contributed by atoms with E-state index in [-0.39, 0.29) is 24.1 Å². The molecule has 0 saturated carbocycles. The van der Waals surface area contributed by atoms with Crippen LogP contribution in [0.3, 0.4) is 0 Å². The van der Waals surface area contributed by atoms with Crippen molar-refractivity contribution in [2.45, 2.75) is 18.4 Å². The molecule has 28 heavy (non-hydrogen) atoms. The minimum Gasteiger partial charge on any atom is -0.363 e. The number of nitrogens with one attached hydrogen (secondary N) is 1. The molecular weight excluding hydrogens is 354 g/mol. The van der Waals surface area contributed by atoms with E-state index >= 15 is 0 Å². The van der Waals surface area contributed by atoms with Crippen molar-refractivity contribution in [3.63, 3.8) is 0 Å². The molecule has 1 spiro atoms. The number of carbonyl (C=O) groups excluding carboxylic acids is 2. The summed E-state index contributed by atoms with van der Waals surface area (Å²) in [6.07, 6.45) is 1.47. The first-order valence-corrected chi connectivity index (χ1v) is 9.65. The zero-order valence-electron chi connectivity index (χ0n) is 16.1. The lowest BCUT2D eigenvalue weighted by atomic mass is 9.89. The fourth-order valence-electron chi connectivity index (χ4n) is 3.97. The van der Waals surface area contributed by atoms with E-state index in [0.29, 0.717) is 19.6 Å². The second-order valence-electron chi connectivity index (χ2n) is 7.55. The molecule has 2 fully saturated rings. The van der Waals surface area contributed by atoms with Gasteiger partial charge in [0.2, 0.25) is 5.91 Å². The number of rotatable bonds is 2. The standard InChI is InChI=1S/C22H25N3O3/c1-24-16-22(28-15-20(24)26)11-13-25(14-12-22)21(27)23-19-10-6-5-9-18(19)17-7-3-2-4-8-17/h2-10H,11-16H2,1H3,(H,23,27). The number of anilines is 1. The van der Waals surface area contributed by atoms with Gasteiger partial charge in [-0.25, -0.2) is 4.79 Å². The number of morpholine rings is 1. The number of likely N-dealkylation sites (tertiary alicyclic amines) is 1. The van der Waals surface area contributed by atoms with Gasteiger partial charge in [0.25, 0.3) is 0 Å². The highest BCUT2D eigenvalue weighted by Gasteiger charge is 2.42. The molecule has 2 aromatic carbocycles. The zero-order chi connectivity index (χ0) is 19.6. The van der Waals surface area contributed by atoms with Gasteiger partial charge in [0.1, 0.15) is 6.61 Å². The molecular formula is C22H25N3O3. The Kier molecular flexibility index (Phi) is 5.05. The molecule has 3 amide bonds. The summed E-state index contributed by atoms with van der Waals surface area (Å²) >= 11 is 0. The maximum atomic E-state index is 12.8. The lowest BCUT2D eigenvalue weighted by Gasteiger charge is -2.46. The van der Waals surface area contributed by atoms with E-state index in [2.05, 4.69) is 5.32 Å². The van der Waals surface area contributed by atoms with E-state index < -0.39 is 0 Å². The number of hydrogen-bond donors (Lipinski definition) is 1. The first-order chi connectivity index (χ1) is 13.6. The molecule has 6 nitrogen and oxygen atoms in total. The number of amides is 3. The molecule has 4 rings (SSSR count). The van der Waals surface area contributed by atoms with Crippen LogP contribution in [0.25, 0.3) is 11.1 Å². The summed E-state index contributed by atoms with van der Waals surface area (Å²) in [7, 11) is 1.81. The second-order valence-corrected chi connectivity index (χ2v) is 7.55. The van der Waals surface area contributed by atoms with E-state index in [9.17, 15) is 9.59 Å². The summed E-state index contributed by atoms with van der Waals surface area (Å²) in [5.74, 6) is 0.0170. The van der Waals surface area contributed by atoms with Crippen LogP contribution in [0.4, 0.5) is 10.5 Å². The highest BCUT2D eigenvalue weighted by atomic mass is 16.5. The van der Waals surface area contributed by atoms with Crippen molar-refractivity contribution < 1.29 is 14.3 Å². The lowest BCUT2D eigenvalue weighted by molar-refractivity contribution is -0.167. The first kappa shape index (κ1) is 18.5. The molecule has 2 saturated heterocycles. The van der Waals surface area contributed by atoms with E-state index in [4.69, 9.17) is 4.74 Å². The van der Waals surface area contributed by atoms with Crippen LogP contribution >= 0.6 is 0 Å². The highest BCUT2D eigenvalue weighted by molar-refractivity contribution is 5.94. The summed E-state index contributed by atoms with van der Waals surface area (Å²) in [5.41, 5.74) is 2.56. The minimum absolute atomic E-state index is 0.0170. The van der Waals surface area contributed by atoms with Crippen molar-refractivity contribution in [1.82, 2.24) is 9.80 Å². The van der Waals surface area contributed by atoms with Crippen molar-refractivity contribution in [2.24, 2.45) is 0 Å². The molecule has 2 heterocycles. The Morgan fingerprint density at radius 2 is 1.71 bits per heavy atom. The van der Waals surface area contributed by atoms with Gasteiger partial charge in [0.05, 0.1) is 11.3 Å². The molecule has 146 valence electrons. The SMILES string of the molecule is CN1CC2(CCN(C(=O)Nc3ccccc3-c3ccccc3)CC2)OCC1=O. The number of ether oxygens (including phenoxy) is 1. The molecule has 0 atom stereocenters. The summed E-state index contributed by atoms with van der Waals surface area (Å²) in [5, 5.41) is 3.07. The van der Waals surface area contributed by atoms with Crippen LogP contribution in [0.1, 0.15) is 12.8 Å². The van der Waals surface area contributed by atoms with E-state index in [1.807, 2.05) is 66.5 Å². The monoisotopic (exact) mass is 379 g/mol. The topological polar surface area (TPSA) is 61.9 Å². The molecule has 2 aliphatic heterocycles. The summed E-state index contributed by atoms with van der Waals surface area (Å²) in [6, 6.07) is 17.8. The number of para-hydroxylation sites is 1. The number of nitrogens with zero attached hydrogens (tertiary/aromatic N) is 2. The van der Waals surface area contributed by atoms with Gasteiger partial charge >= 0.3 is 6.03 Å². The van der Waals surface area contributed by atoms with E-state index in [0.717, 1.165) is 29.7 Å². The number of carbonyl (C=O) groups is 2. The molecule has 0 radical (unpaired) electrons. The molecule has 0 unspecified atom stereocenters. The maximum absolute atomic E-state index is 12.8. The van der Waals surface area contributed by atoms with Gasteiger partial charge in [-0.1, -0.05) is 48.5 Å².